The van der Waals surface area contributed by atoms with Crippen LogP contribution in [0.2, 0.25) is 0 Å². The van der Waals surface area contributed by atoms with Crippen LogP contribution in [0.15, 0.2) is 42.9 Å². The van der Waals surface area contributed by atoms with Crippen molar-refractivity contribution >= 4 is 17.9 Å². The van der Waals surface area contributed by atoms with Crippen LogP contribution >= 0.6 is 0 Å². The van der Waals surface area contributed by atoms with E-state index in [-0.39, 0.29) is 25.6 Å². The van der Waals surface area contributed by atoms with Crippen molar-refractivity contribution in [3.8, 4) is 5.88 Å². The molecule has 0 spiro atoms. The average Bonchev–Trinajstić information content (AvgIpc) is 3.03. The van der Waals surface area contributed by atoms with Gasteiger partial charge in [-0.25, -0.2) is 4.98 Å². The number of aromatic nitrogens is 2. The summed E-state index contributed by atoms with van der Waals surface area (Å²) in [5, 5.41) is 30.9. The summed E-state index contributed by atoms with van der Waals surface area (Å²) >= 11 is 0. The van der Waals surface area contributed by atoms with Crippen LogP contribution in [-0.2, 0) is 6.54 Å². The van der Waals surface area contributed by atoms with Gasteiger partial charge in [-0.3, -0.25) is 4.84 Å². The second-order valence-electron chi connectivity index (χ2n) is 5.70. The van der Waals surface area contributed by atoms with Crippen molar-refractivity contribution in [2.24, 2.45) is 0 Å². The number of carbonyl (C=O) groups is 1. The van der Waals surface area contributed by atoms with E-state index in [1.165, 1.54) is 18.6 Å². The molecule has 0 aliphatic carbocycles. The summed E-state index contributed by atoms with van der Waals surface area (Å²) in [7, 11) is 0. The van der Waals surface area contributed by atoms with Gasteiger partial charge in [0.25, 0.3) is 5.88 Å². The van der Waals surface area contributed by atoms with Crippen LogP contribution in [-0.4, -0.2) is 50.6 Å². The monoisotopic (exact) mass is 359 g/mol. The number of hydrogen-bond acceptors (Lipinski definition) is 7. The van der Waals surface area contributed by atoms with Crippen LogP contribution in [0.3, 0.4) is 0 Å². The number of quaternary nitrogens is 1. The fraction of sp³-hybridized carbons (Fsp3) is 0.235. The van der Waals surface area contributed by atoms with E-state index < -0.39 is 16.8 Å². The topological polar surface area (TPSA) is 125 Å². The minimum absolute atomic E-state index is 0.0881. The van der Waals surface area contributed by atoms with Crippen LogP contribution in [0, 0.1) is 0 Å². The third-order valence-electron chi connectivity index (χ3n) is 3.99. The Balaban J connectivity index is 1.83. The van der Waals surface area contributed by atoms with Gasteiger partial charge in [-0.15, -0.1) is 0 Å². The third kappa shape index (κ3) is 3.41. The van der Waals surface area contributed by atoms with Gasteiger partial charge in [0, 0.05) is 35.0 Å². The van der Waals surface area contributed by atoms with Crippen molar-refractivity contribution in [2.45, 2.75) is 12.6 Å². The summed E-state index contributed by atoms with van der Waals surface area (Å²) in [6.45, 7) is -0.179. The minimum Gasteiger partial charge on any atom is -0.432 e. The highest BCUT2D eigenvalue weighted by Crippen LogP contribution is 2.36. The predicted octanol–water partition coefficient (Wildman–Crippen LogP) is 0.883. The lowest BCUT2D eigenvalue weighted by Gasteiger charge is -2.23. The molecule has 0 radical (unpaired) electrons. The third-order valence-corrected chi connectivity index (χ3v) is 3.99. The zero-order chi connectivity index (χ0) is 18.6. The molecule has 0 bridgehead atoms. The first kappa shape index (κ1) is 18.0. The van der Waals surface area contributed by atoms with E-state index in [4.69, 9.17) is 15.1 Å². The minimum atomic E-state index is -1.20. The van der Waals surface area contributed by atoms with Gasteiger partial charge in [-0.1, -0.05) is 12.1 Å². The smallest absolute Gasteiger partial charge is 0.432 e. The van der Waals surface area contributed by atoms with Crippen molar-refractivity contribution in [3.63, 3.8) is 0 Å². The number of para-hydroxylation sites is 1. The molecule has 0 saturated carbocycles. The van der Waals surface area contributed by atoms with E-state index in [2.05, 4.69) is 15.3 Å². The van der Waals surface area contributed by atoms with E-state index >= 15 is 0 Å². The standard InChI is InChI=1S/C17H18N4O5/c22-9-14(10-23)18-8-13-7-16(20-11-19-13)26-21(17(24)25)6-5-12-3-1-2-4-15(12)21/h1-7,11,14,18,22-23H,8-10H2/p+1. The number of hydrogen-bond donors (Lipinski definition) is 4. The largest absolute Gasteiger partial charge is 0.567 e. The molecule has 1 aromatic heterocycles. The number of rotatable bonds is 7. The number of benzene rings is 1. The van der Waals surface area contributed by atoms with Crippen molar-refractivity contribution in [2.75, 3.05) is 13.2 Å². The molecule has 1 aliphatic heterocycles. The van der Waals surface area contributed by atoms with Crippen molar-refractivity contribution < 1.29 is 25.0 Å². The maximum absolute atomic E-state index is 12.0. The SMILES string of the molecule is O=C(O)[N+]1(Oc2cc(CNC(CO)CO)ncn2)C=Cc2ccccc21. The normalized spacial score (nSPS) is 18.1. The van der Waals surface area contributed by atoms with Crippen molar-refractivity contribution in [1.29, 1.82) is 0 Å². The van der Waals surface area contributed by atoms with E-state index in [0.717, 1.165) is 5.56 Å². The van der Waals surface area contributed by atoms with Gasteiger partial charge in [0.15, 0.2) is 11.9 Å². The number of carboxylic acid groups (broad SMARTS) is 1. The highest BCUT2D eigenvalue weighted by atomic mass is 16.8. The summed E-state index contributed by atoms with van der Waals surface area (Å²) in [5.41, 5.74) is 1.75. The number of hydroxylamine groups is 2. The number of aliphatic hydroxyl groups excluding tert-OH is 2. The van der Waals surface area contributed by atoms with Gasteiger partial charge < -0.3 is 20.6 Å². The maximum Gasteiger partial charge on any atom is 0.567 e. The van der Waals surface area contributed by atoms with E-state index in [1.54, 1.807) is 24.3 Å². The number of nitrogens with one attached hydrogen (secondary N) is 1. The number of aliphatic hydroxyl groups is 2. The average molecular weight is 359 g/mol. The van der Waals surface area contributed by atoms with Gasteiger partial charge in [-0.2, -0.15) is 9.78 Å². The molecule has 9 heteroatoms. The lowest BCUT2D eigenvalue weighted by Crippen LogP contribution is -2.50. The van der Waals surface area contributed by atoms with Crippen molar-refractivity contribution in [3.05, 3.63) is 54.1 Å². The zero-order valence-electron chi connectivity index (χ0n) is 13.8. The lowest BCUT2D eigenvalue weighted by atomic mass is 10.2. The summed E-state index contributed by atoms with van der Waals surface area (Å²) < 4.78 is -0.851. The molecule has 4 N–H and O–H groups in total. The van der Waals surface area contributed by atoms with Gasteiger partial charge in [0.05, 0.1) is 24.9 Å². The van der Waals surface area contributed by atoms with Gasteiger partial charge >= 0.3 is 6.09 Å². The maximum atomic E-state index is 12.0. The summed E-state index contributed by atoms with van der Waals surface area (Å²) in [6, 6.07) is 8.08. The molecule has 9 nitrogen and oxygen atoms in total. The Morgan fingerprint density at radius 2 is 2.00 bits per heavy atom. The Morgan fingerprint density at radius 1 is 1.23 bits per heavy atom. The number of nitrogens with zero attached hydrogens (tertiary/aromatic N) is 3. The van der Waals surface area contributed by atoms with Crippen LogP contribution in [0.5, 0.6) is 5.88 Å². The van der Waals surface area contributed by atoms with E-state index in [0.29, 0.717) is 11.4 Å². The molecule has 0 saturated heterocycles. The number of fused-ring (bicyclic) bond motifs is 1. The Bertz CT molecular complexity index is 824. The molecule has 136 valence electrons. The number of amides is 1. The van der Waals surface area contributed by atoms with Gasteiger partial charge in [0.1, 0.15) is 6.33 Å². The highest BCUT2D eigenvalue weighted by molar-refractivity contribution is 5.89. The predicted molar refractivity (Wildman–Crippen MR) is 92.8 cm³/mol. The molecule has 1 atom stereocenters. The lowest BCUT2D eigenvalue weighted by molar-refractivity contribution is 0.0102. The summed E-state index contributed by atoms with van der Waals surface area (Å²) in [5.74, 6) is 0.0881. The zero-order valence-corrected chi connectivity index (χ0v) is 13.8. The fourth-order valence-corrected chi connectivity index (χ4v) is 2.59. The van der Waals surface area contributed by atoms with Crippen LogP contribution in [0.4, 0.5) is 10.5 Å². The second-order valence-corrected chi connectivity index (χ2v) is 5.70. The first-order valence-electron chi connectivity index (χ1n) is 7.95. The Hall–Kier alpha value is -2.85. The summed E-state index contributed by atoms with van der Waals surface area (Å²) in [4.78, 5) is 25.8. The van der Waals surface area contributed by atoms with Gasteiger partial charge in [0.2, 0.25) is 0 Å². The molecule has 1 amide bonds. The molecule has 1 aromatic carbocycles. The van der Waals surface area contributed by atoms with Crippen LogP contribution in [0.25, 0.3) is 6.08 Å². The molecular weight excluding hydrogens is 340 g/mol. The molecule has 3 rings (SSSR count). The van der Waals surface area contributed by atoms with Crippen LogP contribution < -0.4 is 14.8 Å². The molecule has 1 aliphatic rings. The second kappa shape index (κ2) is 7.58. The van der Waals surface area contributed by atoms with Crippen molar-refractivity contribution in [1.82, 2.24) is 19.9 Å². The quantitative estimate of drug-likeness (QED) is 0.537. The summed E-state index contributed by atoms with van der Waals surface area (Å²) in [6.07, 6.45) is 3.18. The van der Waals surface area contributed by atoms with Crippen LogP contribution in [0.1, 0.15) is 11.3 Å². The molecule has 26 heavy (non-hydrogen) atoms. The molecule has 2 heterocycles. The molecule has 2 aromatic rings. The van der Waals surface area contributed by atoms with Gasteiger partial charge in [-0.05, 0) is 6.07 Å². The first-order chi connectivity index (χ1) is 12.6. The molecule has 1 unspecified atom stereocenters. The van der Waals surface area contributed by atoms with E-state index in [1.807, 2.05) is 6.07 Å². The molecular formula is C17H19N4O5+. The Kier molecular flexibility index (Phi) is 5.24. The highest BCUT2D eigenvalue weighted by Gasteiger charge is 2.47. The Morgan fingerprint density at radius 3 is 2.73 bits per heavy atom. The molecule has 0 fully saturated rings. The fourth-order valence-electron chi connectivity index (χ4n) is 2.59. The van der Waals surface area contributed by atoms with E-state index in [9.17, 15) is 9.90 Å². The Labute approximate surface area is 149 Å². The first-order valence-corrected chi connectivity index (χ1v) is 7.95.